The number of aromatic nitrogens is 1. The summed E-state index contributed by atoms with van der Waals surface area (Å²) in [4.78, 5) is 4.40. The highest BCUT2D eigenvalue weighted by atomic mass is 32.1. The third kappa shape index (κ3) is 1.28. The van der Waals surface area contributed by atoms with E-state index in [1.165, 1.54) is 0 Å². The Morgan fingerprint density at radius 2 is 2.50 bits per heavy atom. The van der Waals surface area contributed by atoms with Gasteiger partial charge in [-0.2, -0.15) is 0 Å². The van der Waals surface area contributed by atoms with Crippen LogP contribution in [-0.4, -0.2) is 4.98 Å². The quantitative estimate of drug-likeness (QED) is 0.708. The van der Waals surface area contributed by atoms with E-state index >= 15 is 0 Å². The van der Waals surface area contributed by atoms with Crippen molar-refractivity contribution >= 4 is 11.3 Å². The number of rotatable bonds is 2. The van der Waals surface area contributed by atoms with Gasteiger partial charge in [0, 0.05) is 5.38 Å². The SMILES string of the molecule is CCc1nc(-c2ccco2)cs1. The van der Waals surface area contributed by atoms with Gasteiger partial charge in [0.1, 0.15) is 5.69 Å². The van der Waals surface area contributed by atoms with Crippen molar-refractivity contribution in [3.05, 3.63) is 28.8 Å². The maximum Gasteiger partial charge on any atom is 0.153 e. The molecule has 0 aliphatic carbocycles. The van der Waals surface area contributed by atoms with Gasteiger partial charge >= 0.3 is 0 Å². The van der Waals surface area contributed by atoms with E-state index in [1.54, 1.807) is 17.6 Å². The second kappa shape index (κ2) is 3.11. The van der Waals surface area contributed by atoms with E-state index in [0.29, 0.717) is 0 Å². The van der Waals surface area contributed by atoms with Gasteiger partial charge in [-0.1, -0.05) is 6.92 Å². The van der Waals surface area contributed by atoms with Gasteiger partial charge in [0.25, 0.3) is 0 Å². The van der Waals surface area contributed by atoms with Crippen LogP contribution in [0.2, 0.25) is 0 Å². The first kappa shape index (κ1) is 7.55. The predicted molar refractivity (Wildman–Crippen MR) is 49.2 cm³/mol. The van der Waals surface area contributed by atoms with E-state index < -0.39 is 0 Å². The molecule has 0 atom stereocenters. The number of nitrogens with zero attached hydrogens (tertiary/aromatic N) is 1. The molecular formula is C9H9NOS. The zero-order valence-corrected chi connectivity index (χ0v) is 7.60. The molecule has 0 fully saturated rings. The molecule has 0 aliphatic rings. The van der Waals surface area contributed by atoms with E-state index in [-0.39, 0.29) is 0 Å². The van der Waals surface area contributed by atoms with Crippen molar-refractivity contribution in [2.24, 2.45) is 0 Å². The van der Waals surface area contributed by atoms with E-state index in [2.05, 4.69) is 11.9 Å². The van der Waals surface area contributed by atoms with Crippen molar-refractivity contribution in [3.8, 4) is 11.5 Å². The predicted octanol–water partition coefficient (Wildman–Crippen LogP) is 2.97. The summed E-state index contributed by atoms with van der Waals surface area (Å²) in [5.41, 5.74) is 0.946. The molecule has 0 saturated heterocycles. The van der Waals surface area contributed by atoms with Crippen LogP contribution in [0.25, 0.3) is 11.5 Å². The molecular weight excluding hydrogens is 170 g/mol. The van der Waals surface area contributed by atoms with Crippen LogP contribution in [0, 0.1) is 0 Å². The largest absolute Gasteiger partial charge is 0.463 e. The summed E-state index contributed by atoms with van der Waals surface area (Å²) >= 11 is 1.68. The Hall–Kier alpha value is -1.09. The summed E-state index contributed by atoms with van der Waals surface area (Å²) in [7, 11) is 0. The van der Waals surface area contributed by atoms with Crippen molar-refractivity contribution in [1.82, 2.24) is 4.98 Å². The zero-order chi connectivity index (χ0) is 8.39. The number of hydrogen-bond acceptors (Lipinski definition) is 3. The summed E-state index contributed by atoms with van der Waals surface area (Å²) in [6, 6.07) is 3.80. The second-order valence-electron chi connectivity index (χ2n) is 2.46. The molecule has 2 heterocycles. The number of aryl methyl sites for hydroxylation is 1. The lowest BCUT2D eigenvalue weighted by atomic mass is 10.4. The molecule has 2 rings (SSSR count). The lowest BCUT2D eigenvalue weighted by Crippen LogP contribution is -1.77. The van der Waals surface area contributed by atoms with Crippen LogP contribution in [0.5, 0.6) is 0 Å². The summed E-state index contributed by atoms with van der Waals surface area (Å²) in [6.07, 6.45) is 2.66. The minimum absolute atomic E-state index is 0.853. The maximum atomic E-state index is 5.22. The Labute approximate surface area is 74.9 Å². The lowest BCUT2D eigenvalue weighted by Gasteiger charge is -1.86. The number of hydrogen-bond donors (Lipinski definition) is 0. The Kier molecular flexibility index (Phi) is 1.96. The van der Waals surface area contributed by atoms with Gasteiger partial charge in [-0.25, -0.2) is 4.98 Å². The highest BCUT2D eigenvalue weighted by molar-refractivity contribution is 7.09. The molecule has 3 heteroatoms. The minimum atomic E-state index is 0.853. The van der Waals surface area contributed by atoms with Gasteiger partial charge in [0.15, 0.2) is 5.76 Å². The zero-order valence-electron chi connectivity index (χ0n) is 6.78. The molecule has 0 bridgehead atoms. The van der Waals surface area contributed by atoms with Gasteiger partial charge in [-0.05, 0) is 18.6 Å². The molecule has 2 nitrogen and oxygen atoms in total. The van der Waals surface area contributed by atoms with Crippen LogP contribution in [-0.2, 0) is 6.42 Å². The van der Waals surface area contributed by atoms with Crippen molar-refractivity contribution in [1.29, 1.82) is 0 Å². The molecule has 62 valence electrons. The summed E-state index contributed by atoms with van der Waals surface area (Å²) in [5, 5.41) is 3.18. The third-order valence-electron chi connectivity index (χ3n) is 1.63. The Morgan fingerprint density at radius 3 is 3.08 bits per heavy atom. The number of furan rings is 1. The molecule has 0 radical (unpaired) electrons. The lowest BCUT2D eigenvalue weighted by molar-refractivity contribution is 0.580. The van der Waals surface area contributed by atoms with Crippen LogP contribution >= 0.6 is 11.3 Å². The van der Waals surface area contributed by atoms with Crippen molar-refractivity contribution in [2.75, 3.05) is 0 Å². The Bertz CT molecular complexity index is 350. The van der Waals surface area contributed by atoms with E-state index in [0.717, 1.165) is 22.9 Å². The van der Waals surface area contributed by atoms with Crippen LogP contribution in [0.4, 0.5) is 0 Å². The average Bonchev–Trinajstić information content (AvgIpc) is 2.75. The van der Waals surface area contributed by atoms with Crippen LogP contribution in [0.15, 0.2) is 28.2 Å². The molecule has 0 spiro atoms. The first-order valence-electron chi connectivity index (χ1n) is 3.88. The van der Waals surface area contributed by atoms with Crippen LogP contribution in [0.1, 0.15) is 11.9 Å². The first-order chi connectivity index (χ1) is 5.90. The van der Waals surface area contributed by atoms with Gasteiger partial charge in [0.05, 0.1) is 11.3 Å². The van der Waals surface area contributed by atoms with E-state index in [4.69, 9.17) is 4.42 Å². The fourth-order valence-corrected chi connectivity index (χ4v) is 1.74. The molecule has 0 unspecified atom stereocenters. The van der Waals surface area contributed by atoms with Crippen molar-refractivity contribution < 1.29 is 4.42 Å². The van der Waals surface area contributed by atoms with Gasteiger partial charge in [-0.3, -0.25) is 0 Å². The van der Waals surface area contributed by atoms with Gasteiger partial charge in [0.2, 0.25) is 0 Å². The van der Waals surface area contributed by atoms with Gasteiger partial charge < -0.3 is 4.42 Å². The minimum Gasteiger partial charge on any atom is -0.463 e. The normalized spacial score (nSPS) is 10.4. The van der Waals surface area contributed by atoms with E-state index in [9.17, 15) is 0 Å². The van der Waals surface area contributed by atoms with Crippen LogP contribution < -0.4 is 0 Å². The average molecular weight is 179 g/mol. The molecule has 12 heavy (non-hydrogen) atoms. The molecule has 2 aromatic heterocycles. The summed E-state index contributed by atoms with van der Waals surface area (Å²) in [5.74, 6) is 0.853. The molecule has 0 aromatic carbocycles. The molecule has 0 amide bonds. The second-order valence-corrected chi connectivity index (χ2v) is 3.40. The van der Waals surface area contributed by atoms with Crippen LogP contribution in [0.3, 0.4) is 0 Å². The molecule has 0 aliphatic heterocycles. The molecule has 2 aromatic rings. The third-order valence-corrected chi connectivity index (χ3v) is 2.62. The van der Waals surface area contributed by atoms with Gasteiger partial charge in [-0.15, -0.1) is 11.3 Å². The monoisotopic (exact) mass is 179 g/mol. The molecule has 0 saturated carbocycles. The Balaban J connectivity index is 2.35. The highest BCUT2D eigenvalue weighted by Crippen LogP contribution is 2.21. The fourth-order valence-electron chi connectivity index (χ4n) is 1.01. The fraction of sp³-hybridized carbons (Fsp3) is 0.222. The summed E-state index contributed by atoms with van der Waals surface area (Å²) < 4.78 is 5.22. The maximum absolute atomic E-state index is 5.22. The van der Waals surface area contributed by atoms with Crippen molar-refractivity contribution in [3.63, 3.8) is 0 Å². The number of thiazole rings is 1. The first-order valence-corrected chi connectivity index (χ1v) is 4.76. The topological polar surface area (TPSA) is 26.0 Å². The van der Waals surface area contributed by atoms with Crippen molar-refractivity contribution in [2.45, 2.75) is 13.3 Å². The highest BCUT2D eigenvalue weighted by Gasteiger charge is 2.04. The van der Waals surface area contributed by atoms with E-state index in [1.807, 2.05) is 17.5 Å². The molecule has 0 N–H and O–H groups in total. The smallest absolute Gasteiger partial charge is 0.153 e. The standard InChI is InChI=1S/C9H9NOS/c1-2-9-10-7(6-12-9)8-4-3-5-11-8/h3-6H,2H2,1H3. The Morgan fingerprint density at radius 1 is 1.58 bits per heavy atom. The summed E-state index contributed by atoms with van der Waals surface area (Å²) in [6.45, 7) is 2.10.